The van der Waals surface area contributed by atoms with E-state index >= 15 is 0 Å². The van der Waals surface area contributed by atoms with Gasteiger partial charge in [0.05, 0.1) is 5.56 Å². The van der Waals surface area contributed by atoms with Gasteiger partial charge in [0.25, 0.3) is 0 Å². The fourth-order valence-electron chi connectivity index (χ4n) is 1.92. The quantitative estimate of drug-likeness (QED) is 0.879. The van der Waals surface area contributed by atoms with Gasteiger partial charge in [-0.2, -0.15) is 0 Å². The van der Waals surface area contributed by atoms with E-state index in [1.54, 1.807) is 13.0 Å². The molecule has 0 saturated heterocycles. The summed E-state index contributed by atoms with van der Waals surface area (Å²) in [5.41, 5.74) is 0.323. The van der Waals surface area contributed by atoms with Crippen molar-refractivity contribution < 1.29 is 18.3 Å². The molecule has 0 aliphatic heterocycles. The van der Waals surface area contributed by atoms with Crippen LogP contribution in [0.25, 0.3) is 0 Å². The molecule has 100 valence electrons. The van der Waals surface area contributed by atoms with Crippen molar-refractivity contribution in [2.75, 3.05) is 0 Å². The minimum atomic E-state index is -1.52. The van der Waals surface area contributed by atoms with Gasteiger partial charge in [-0.15, -0.1) is 0 Å². The van der Waals surface area contributed by atoms with Crippen molar-refractivity contribution in [1.82, 2.24) is 0 Å². The van der Waals surface area contributed by atoms with Crippen molar-refractivity contribution in [3.05, 3.63) is 69.5 Å². The summed E-state index contributed by atoms with van der Waals surface area (Å²) in [6.07, 6.45) is -1.52. The number of benzene rings is 2. The van der Waals surface area contributed by atoms with Gasteiger partial charge in [-0.05, 0) is 30.2 Å². The molecule has 0 aliphatic rings. The summed E-state index contributed by atoms with van der Waals surface area (Å²) in [6.45, 7) is 1.66. The zero-order valence-corrected chi connectivity index (χ0v) is 10.7. The molecule has 1 atom stereocenters. The fraction of sp³-hybridized carbons (Fsp3) is 0.143. The molecule has 0 fully saturated rings. The molecule has 2 rings (SSSR count). The normalized spacial score (nSPS) is 12.5. The Morgan fingerprint density at radius 2 is 1.63 bits per heavy atom. The van der Waals surface area contributed by atoms with Crippen LogP contribution in [0.2, 0.25) is 5.02 Å². The average Bonchev–Trinajstić information content (AvgIpc) is 2.26. The Kier molecular flexibility index (Phi) is 3.83. The summed E-state index contributed by atoms with van der Waals surface area (Å²) in [6, 6.07) is 5.62. The average molecular weight is 287 g/mol. The van der Waals surface area contributed by atoms with Gasteiger partial charge in [-0.25, -0.2) is 13.2 Å². The monoisotopic (exact) mass is 286 g/mol. The molecule has 0 heterocycles. The number of hydrogen-bond donors (Lipinski definition) is 1. The predicted molar refractivity (Wildman–Crippen MR) is 66.6 cm³/mol. The van der Waals surface area contributed by atoms with Crippen molar-refractivity contribution in [2.45, 2.75) is 13.0 Å². The number of aryl methyl sites for hydroxylation is 1. The topological polar surface area (TPSA) is 20.2 Å². The summed E-state index contributed by atoms with van der Waals surface area (Å²) in [5, 5.41) is 10.5. The fourth-order valence-corrected chi connectivity index (χ4v) is 2.14. The molecule has 0 bridgehead atoms. The number of halogens is 4. The van der Waals surface area contributed by atoms with Crippen molar-refractivity contribution in [1.29, 1.82) is 0 Å². The van der Waals surface area contributed by atoms with E-state index in [-0.39, 0.29) is 0 Å². The minimum Gasteiger partial charge on any atom is -0.383 e. The molecule has 0 aromatic heterocycles. The highest BCUT2D eigenvalue weighted by Crippen LogP contribution is 2.30. The smallest absolute Gasteiger partial charge is 0.135 e. The Balaban J connectivity index is 2.53. The van der Waals surface area contributed by atoms with Crippen LogP contribution in [-0.4, -0.2) is 5.11 Å². The third-order valence-electron chi connectivity index (χ3n) is 2.84. The van der Waals surface area contributed by atoms with Gasteiger partial charge in [0.1, 0.15) is 23.6 Å². The molecule has 0 spiro atoms. The maximum Gasteiger partial charge on any atom is 0.135 e. The van der Waals surface area contributed by atoms with Crippen molar-refractivity contribution in [3.8, 4) is 0 Å². The molecule has 0 radical (unpaired) electrons. The maximum atomic E-state index is 13.6. The SMILES string of the molecule is Cc1cc(Cl)ccc1C(O)c1c(F)cc(F)cc1F. The van der Waals surface area contributed by atoms with Gasteiger partial charge < -0.3 is 5.11 Å². The van der Waals surface area contributed by atoms with E-state index in [0.29, 0.717) is 28.3 Å². The van der Waals surface area contributed by atoms with Gasteiger partial charge in [-0.1, -0.05) is 17.7 Å². The molecule has 0 aliphatic carbocycles. The number of aliphatic hydroxyl groups excluding tert-OH is 1. The molecule has 0 amide bonds. The van der Waals surface area contributed by atoms with E-state index in [4.69, 9.17) is 11.6 Å². The summed E-state index contributed by atoms with van der Waals surface area (Å²) in [5.74, 6) is -3.28. The van der Waals surface area contributed by atoms with E-state index in [9.17, 15) is 18.3 Å². The Labute approximate surface area is 113 Å². The van der Waals surface area contributed by atoms with Crippen LogP contribution in [0, 0.1) is 24.4 Å². The Morgan fingerprint density at radius 1 is 1.05 bits per heavy atom. The van der Waals surface area contributed by atoms with E-state index in [1.807, 2.05) is 0 Å². The lowest BCUT2D eigenvalue weighted by Gasteiger charge is -2.16. The van der Waals surface area contributed by atoms with Gasteiger partial charge in [0.15, 0.2) is 0 Å². The zero-order valence-electron chi connectivity index (χ0n) is 9.92. The molecule has 1 nitrogen and oxygen atoms in total. The molecule has 1 unspecified atom stereocenters. The van der Waals surface area contributed by atoms with E-state index < -0.39 is 29.1 Å². The van der Waals surface area contributed by atoms with Gasteiger partial charge in [0, 0.05) is 17.2 Å². The molecule has 1 N–H and O–H groups in total. The molecule has 2 aromatic carbocycles. The predicted octanol–water partition coefficient (Wildman–Crippen LogP) is 4.15. The van der Waals surface area contributed by atoms with Crippen LogP contribution >= 0.6 is 11.6 Å². The van der Waals surface area contributed by atoms with Crippen LogP contribution in [0.5, 0.6) is 0 Å². The second-order valence-corrected chi connectivity index (χ2v) is 4.62. The van der Waals surface area contributed by atoms with Crippen LogP contribution in [0.3, 0.4) is 0 Å². The first-order valence-corrected chi connectivity index (χ1v) is 5.86. The van der Waals surface area contributed by atoms with Gasteiger partial charge in [-0.3, -0.25) is 0 Å². The van der Waals surface area contributed by atoms with E-state index in [1.165, 1.54) is 12.1 Å². The molecule has 2 aromatic rings. The van der Waals surface area contributed by atoms with Crippen molar-refractivity contribution in [3.63, 3.8) is 0 Å². The third kappa shape index (κ3) is 2.74. The molecule has 5 heteroatoms. The summed E-state index contributed by atoms with van der Waals surface area (Å²) < 4.78 is 40.0. The second kappa shape index (κ2) is 5.23. The van der Waals surface area contributed by atoms with Gasteiger partial charge >= 0.3 is 0 Å². The van der Waals surface area contributed by atoms with Crippen LogP contribution in [0.4, 0.5) is 13.2 Å². The lowest BCUT2D eigenvalue weighted by Crippen LogP contribution is -2.08. The molecule has 0 saturated carbocycles. The number of hydrogen-bond acceptors (Lipinski definition) is 1. The highest BCUT2D eigenvalue weighted by molar-refractivity contribution is 6.30. The maximum absolute atomic E-state index is 13.6. The van der Waals surface area contributed by atoms with Crippen LogP contribution < -0.4 is 0 Å². The highest BCUT2D eigenvalue weighted by atomic mass is 35.5. The van der Waals surface area contributed by atoms with Crippen molar-refractivity contribution in [2.24, 2.45) is 0 Å². The first-order valence-electron chi connectivity index (χ1n) is 5.48. The Morgan fingerprint density at radius 3 is 2.16 bits per heavy atom. The molecule has 19 heavy (non-hydrogen) atoms. The number of rotatable bonds is 2. The standard InChI is InChI=1S/C14H10ClF3O/c1-7-4-8(15)2-3-10(7)14(19)13-11(17)5-9(16)6-12(13)18/h2-6,14,19H,1H3. The van der Waals surface area contributed by atoms with Gasteiger partial charge in [0.2, 0.25) is 0 Å². The Bertz CT molecular complexity index is 605. The van der Waals surface area contributed by atoms with Crippen LogP contribution in [0.15, 0.2) is 30.3 Å². The van der Waals surface area contributed by atoms with E-state index in [2.05, 4.69) is 0 Å². The van der Waals surface area contributed by atoms with Crippen LogP contribution in [-0.2, 0) is 0 Å². The third-order valence-corrected chi connectivity index (χ3v) is 3.08. The summed E-state index contributed by atoms with van der Waals surface area (Å²) in [7, 11) is 0. The van der Waals surface area contributed by atoms with E-state index in [0.717, 1.165) is 0 Å². The lowest BCUT2D eigenvalue weighted by atomic mass is 9.96. The zero-order chi connectivity index (χ0) is 14.2. The number of aliphatic hydroxyl groups is 1. The first kappa shape index (κ1) is 13.9. The Hall–Kier alpha value is -1.52. The highest BCUT2D eigenvalue weighted by Gasteiger charge is 2.22. The van der Waals surface area contributed by atoms with Crippen LogP contribution in [0.1, 0.15) is 22.8 Å². The second-order valence-electron chi connectivity index (χ2n) is 4.19. The summed E-state index contributed by atoms with van der Waals surface area (Å²) in [4.78, 5) is 0. The first-order chi connectivity index (χ1) is 8.90. The molecular formula is C14H10ClF3O. The lowest BCUT2D eigenvalue weighted by molar-refractivity contribution is 0.208. The molecular weight excluding hydrogens is 277 g/mol. The summed E-state index contributed by atoms with van der Waals surface area (Å²) >= 11 is 5.77. The largest absolute Gasteiger partial charge is 0.383 e. The van der Waals surface area contributed by atoms with Crippen molar-refractivity contribution >= 4 is 11.6 Å². The minimum absolute atomic E-state index is 0.314.